The Bertz CT molecular complexity index is 285. The van der Waals surface area contributed by atoms with Crippen LogP contribution in [0.25, 0.3) is 0 Å². The number of rotatable bonds is 2. The standard InChI is InChI=1S/C11H20F3NOS/c1-10(2,3)17(16)15-9-6-4-5-8(7-9)11(12,13)14/h8-9,15H,4-7H2,1-3H3. The first-order chi connectivity index (χ1) is 7.60. The fourth-order valence-corrected chi connectivity index (χ4v) is 2.79. The van der Waals surface area contributed by atoms with Gasteiger partial charge >= 0.3 is 6.18 Å². The molecule has 1 N–H and O–H groups in total. The lowest BCUT2D eigenvalue weighted by Crippen LogP contribution is -2.44. The minimum atomic E-state index is -4.12. The second-order valence-electron chi connectivity index (χ2n) is 5.60. The van der Waals surface area contributed by atoms with Gasteiger partial charge in [0, 0.05) is 6.04 Å². The lowest BCUT2D eigenvalue weighted by atomic mass is 9.86. The topological polar surface area (TPSA) is 29.1 Å². The Morgan fingerprint density at radius 3 is 2.24 bits per heavy atom. The monoisotopic (exact) mass is 271 g/mol. The van der Waals surface area contributed by atoms with E-state index >= 15 is 0 Å². The third kappa shape index (κ3) is 4.58. The predicted octanol–water partition coefficient (Wildman–Crippen LogP) is 3.16. The minimum Gasteiger partial charge on any atom is -0.242 e. The Kier molecular flexibility index (Phi) is 4.63. The molecule has 0 radical (unpaired) electrons. The van der Waals surface area contributed by atoms with Gasteiger partial charge in [-0.25, -0.2) is 8.93 Å². The summed E-state index contributed by atoms with van der Waals surface area (Å²) < 4.78 is 51.9. The van der Waals surface area contributed by atoms with Crippen molar-refractivity contribution >= 4 is 11.0 Å². The molecule has 2 nitrogen and oxygen atoms in total. The molecule has 0 amide bonds. The summed E-state index contributed by atoms with van der Waals surface area (Å²) in [4.78, 5) is 0. The first-order valence-corrected chi connectivity index (χ1v) is 7.00. The maximum atomic E-state index is 12.6. The number of alkyl halides is 3. The van der Waals surface area contributed by atoms with Crippen LogP contribution < -0.4 is 4.72 Å². The van der Waals surface area contributed by atoms with E-state index in [0.29, 0.717) is 12.8 Å². The highest BCUT2D eigenvalue weighted by atomic mass is 32.2. The van der Waals surface area contributed by atoms with E-state index in [1.54, 1.807) is 20.8 Å². The highest BCUT2D eigenvalue weighted by Gasteiger charge is 2.42. The predicted molar refractivity (Wildman–Crippen MR) is 62.8 cm³/mol. The highest BCUT2D eigenvalue weighted by Crippen LogP contribution is 2.37. The molecule has 0 aromatic carbocycles. The van der Waals surface area contributed by atoms with Gasteiger partial charge in [0.15, 0.2) is 0 Å². The van der Waals surface area contributed by atoms with Crippen LogP contribution in [0.3, 0.4) is 0 Å². The van der Waals surface area contributed by atoms with Gasteiger partial charge in [-0.15, -0.1) is 0 Å². The van der Waals surface area contributed by atoms with Crippen molar-refractivity contribution in [1.29, 1.82) is 0 Å². The van der Waals surface area contributed by atoms with Crippen LogP contribution >= 0.6 is 0 Å². The molecule has 1 aliphatic carbocycles. The molecule has 17 heavy (non-hydrogen) atoms. The van der Waals surface area contributed by atoms with E-state index < -0.39 is 27.8 Å². The van der Waals surface area contributed by atoms with Crippen molar-refractivity contribution in [3.8, 4) is 0 Å². The summed E-state index contributed by atoms with van der Waals surface area (Å²) in [6.45, 7) is 5.42. The van der Waals surface area contributed by atoms with Crippen LogP contribution in [0.5, 0.6) is 0 Å². The number of halogens is 3. The molecule has 102 valence electrons. The van der Waals surface area contributed by atoms with Gasteiger partial charge in [-0.2, -0.15) is 13.2 Å². The molecule has 6 heteroatoms. The Labute approximate surface area is 103 Å². The normalized spacial score (nSPS) is 29.1. The Hall–Kier alpha value is -0.100. The lowest BCUT2D eigenvalue weighted by molar-refractivity contribution is -0.183. The quantitative estimate of drug-likeness (QED) is 0.821. The van der Waals surface area contributed by atoms with E-state index in [4.69, 9.17) is 0 Å². The van der Waals surface area contributed by atoms with Gasteiger partial charge in [-0.1, -0.05) is 6.42 Å². The van der Waals surface area contributed by atoms with Gasteiger partial charge in [0.25, 0.3) is 0 Å². The molecule has 1 fully saturated rings. The maximum absolute atomic E-state index is 12.6. The van der Waals surface area contributed by atoms with Crippen LogP contribution in [0, 0.1) is 5.92 Å². The van der Waals surface area contributed by atoms with E-state index in [1.165, 1.54) is 0 Å². The van der Waals surface area contributed by atoms with E-state index in [9.17, 15) is 17.4 Å². The summed E-state index contributed by atoms with van der Waals surface area (Å²) in [6.07, 6.45) is -2.66. The highest BCUT2D eigenvalue weighted by molar-refractivity contribution is 7.84. The van der Waals surface area contributed by atoms with Gasteiger partial charge in [-0.3, -0.25) is 0 Å². The smallest absolute Gasteiger partial charge is 0.242 e. The lowest BCUT2D eigenvalue weighted by Gasteiger charge is -2.32. The molecule has 1 rings (SSSR count). The number of hydrogen-bond acceptors (Lipinski definition) is 1. The molecule has 0 spiro atoms. The van der Waals surface area contributed by atoms with Crippen LogP contribution in [-0.4, -0.2) is 21.2 Å². The van der Waals surface area contributed by atoms with Crippen molar-refractivity contribution in [2.24, 2.45) is 5.92 Å². The molecular weight excluding hydrogens is 251 g/mol. The zero-order chi connectivity index (χ0) is 13.3. The van der Waals surface area contributed by atoms with Crippen LogP contribution in [0.15, 0.2) is 0 Å². The molecule has 0 aromatic rings. The largest absolute Gasteiger partial charge is 0.391 e. The van der Waals surface area contributed by atoms with Crippen molar-refractivity contribution in [2.75, 3.05) is 0 Å². The van der Waals surface area contributed by atoms with Gasteiger partial charge < -0.3 is 0 Å². The van der Waals surface area contributed by atoms with Crippen molar-refractivity contribution in [3.63, 3.8) is 0 Å². The fraction of sp³-hybridized carbons (Fsp3) is 1.00. The summed E-state index contributed by atoms with van der Waals surface area (Å²) in [7, 11) is -1.29. The summed E-state index contributed by atoms with van der Waals surface area (Å²) in [5, 5.41) is 0. The Morgan fingerprint density at radius 1 is 1.18 bits per heavy atom. The summed E-state index contributed by atoms with van der Waals surface area (Å²) in [6, 6.07) is -0.282. The van der Waals surface area contributed by atoms with E-state index in [1.807, 2.05) is 0 Å². The van der Waals surface area contributed by atoms with E-state index in [-0.39, 0.29) is 18.9 Å². The second-order valence-corrected chi connectivity index (χ2v) is 7.60. The zero-order valence-corrected chi connectivity index (χ0v) is 11.3. The first kappa shape index (κ1) is 15.0. The summed E-state index contributed by atoms with van der Waals surface area (Å²) in [5.41, 5.74) is 0. The second kappa shape index (κ2) is 5.26. The van der Waals surface area contributed by atoms with Crippen molar-refractivity contribution in [1.82, 2.24) is 4.72 Å². The van der Waals surface area contributed by atoms with Crippen molar-refractivity contribution < 1.29 is 17.4 Å². The molecule has 3 unspecified atom stereocenters. The van der Waals surface area contributed by atoms with E-state index in [2.05, 4.69) is 4.72 Å². The molecule has 0 heterocycles. The van der Waals surface area contributed by atoms with Gasteiger partial charge in [0.05, 0.1) is 21.7 Å². The SMILES string of the molecule is CC(C)(C)S(=O)NC1CCCC(C(F)(F)F)C1. The van der Waals surface area contributed by atoms with Crippen LogP contribution in [0.4, 0.5) is 13.2 Å². The molecule has 1 aliphatic rings. The summed E-state index contributed by atoms with van der Waals surface area (Å²) >= 11 is 0. The first-order valence-electron chi connectivity index (χ1n) is 5.85. The third-order valence-electron chi connectivity index (χ3n) is 2.97. The van der Waals surface area contributed by atoms with Crippen LogP contribution in [0.2, 0.25) is 0 Å². The average Bonchev–Trinajstić information content (AvgIpc) is 2.15. The molecular formula is C11H20F3NOS. The van der Waals surface area contributed by atoms with Gasteiger partial charge in [0.2, 0.25) is 0 Å². The molecule has 0 saturated heterocycles. The molecule has 0 aromatic heterocycles. The van der Waals surface area contributed by atoms with Gasteiger partial charge in [0.1, 0.15) is 0 Å². The summed E-state index contributed by atoms with van der Waals surface area (Å²) in [5.74, 6) is -1.24. The maximum Gasteiger partial charge on any atom is 0.391 e. The minimum absolute atomic E-state index is 0.0469. The zero-order valence-electron chi connectivity index (χ0n) is 10.4. The van der Waals surface area contributed by atoms with Crippen LogP contribution in [-0.2, 0) is 11.0 Å². The third-order valence-corrected chi connectivity index (χ3v) is 4.63. The number of hydrogen-bond donors (Lipinski definition) is 1. The van der Waals surface area contributed by atoms with Crippen molar-refractivity contribution in [3.05, 3.63) is 0 Å². The molecule has 3 atom stereocenters. The molecule has 0 aliphatic heterocycles. The average molecular weight is 271 g/mol. The molecule has 0 bridgehead atoms. The number of nitrogens with one attached hydrogen (secondary N) is 1. The van der Waals surface area contributed by atoms with E-state index in [0.717, 1.165) is 0 Å². The Balaban J connectivity index is 2.54. The Morgan fingerprint density at radius 2 is 1.76 bits per heavy atom. The fourth-order valence-electron chi connectivity index (χ4n) is 1.92. The van der Waals surface area contributed by atoms with Crippen molar-refractivity contribution in [2.45, 2.75) is 63.4 Å². The van der Waals surface area contributed by atoms with Crippen LogP contribution in [0.1, 0.15) is 46.5 Å². The molecule has 1 saturated carbocycles. The van der Waals surface area contributed by atoms with Gasteiger partial charge in [-0.05, 0) is 40.0 Å².